The largest absolute Gasteiger partial charge is 0.454 e. The Kier molecular flexibility index (Phi) is 9.54. The summed E-state index contributed by atoms with van der Waals surface area (Å²) in [6, 6.07) is 15.7. The Labute approximate surface area is 291 Å². The molecule has 2 atom stereocenters. The number of carbonyl (C=O) groups excluding carboxylic acids is 1. The monoisotopic (exact) mass is 681 g/mol. The van der Waals surface area contributed by atoms with Gasteiger partial charge >= 0.3 is 0 Å². The number of nitrogens with zero attached hydrogens (tertiary/aromatic N) is 4. The first-order valence-electron chi connectivity index (χ1n) is 17.0. The van der Waals surface area contributed by atoms with Gasteiger partial charge in [0.15, 0.2) is 23.2 Å². The van der Waals surface area contributed by atoms with Gasteiger partial charge in [-0.2, -0.15) is 5.10 Å². The highest BCUT2D eigenvalue weighted by Crippen LogP contribution is 2.40. The molecule has 50 heavy (non-hydrogen) atoms. The number of hydrazine groups is 1. The van der Waals surface area contributed by atoms with E-state index in [0.717, 1.165) is 42.1 Å². The Balaban J connectivity index is 1.50. The number of hydrogen-bond acceptors (Lipinski definition) is 7. The predicted molar refractivity (Wildman–Crippen MR) is 191 cm³/mol. The molecule has 5 aromatic rings. The van der Waals surface area contributed by atoms with Crippen molar-refractivity contribution in [3.63, 3.8) is 0 Å². The van der Waals surface area contributed by atoms with Gasteiger partial charge in [0.25, 0.3) is 0 Å². The fourth-order valence-electron chi connectivity index (χ4n) is 6.82. The Bertz CT molecular complexity index is 2070. The summed E-state index contributed by atoms with van der Waals surface area (Å²) >= 11 is 0. The summed E-state index contributed by atoms with van der Waals surface area (Å²) in [5, 5.41) is 7.05. The second-order valence-electron chi connectivity index (χ2n) is 14.4. The molecule has 0 spiro atoms. The molecular formula is C39H45F2N7O2. The maximum Gasteiger partial charge on any atom is 0.168 e. The fraction of sp³-hybridized carbons (Fsp3) is 0.359. The van der Waals surface area contributed by atoms with Crippen molar-refractivity contribution < 1.29 is 18.3 Å². The highest BCUT2D eigenvalue weighted by molar-refractivity contribution is 5.85. The smallest absolute Gasteiger partial charge is 0.168 e. The zero-order valence-corrected chi connectivity index (χ0v) is 29.3. The summed E-state index contributed by atoms with van der Waals surface area (Å²) in [7, 11) is 1.73. The Morgan fingerprint density at radius 2 is 1.84 bits per heavy atom. The number of hydrogen-bond donors (Lipinski definition) is 3. The number of benzene rings is 3. The van der Waals surface area contributed by atoms with E-state index in [0.29, 0.717) is 41.3 Å². The second-order valence-corrected chi connectivity index (χ2v) is 14.4. The van der Waals surface area contributed by atoms with Gasteiger partial charge in [0, 0.05) is 59.0 Å². The van der Waals surface area contributed by atoms with E-state index >= 15 is 8.78 Å². The molecule has 0 aliphatic carbocycles. The summed E-state index contributed by atoms with van der Waals surface area (Å²) in [4.78, 5) is 19.5. The summed E-state index contributed by atoms with van der Waals surface area (Å²) in [5.74, 6) is 6.33. The highest BCUT2D eigenvalue weighted by Gasteiger charge is 2.35. The molecule has 0 radical (unpaired) electrons. The average Bonchev–Trinajstić information content (AvgIpc) is 3.71. The molecule has 0 saturated heterocycles. The van der Waals surface area contributed by atoms with Crippen LogP contribution in [0.2, 0.25) is 0 Å². The molecule has 0 saturated carbocycles. The predicted octanol–water partition coefficient (Wildman–Crippen LogP) is 7.79. The first-order chi connectivity index (χ1) is 23.8. The van der Waals surface area contributed by atoms with Crippen LogP contribution in [0, 0.1) is 23.0 Å². The lowest BCUT2D eigenvalue weighted by Crippen LogP contribution is -2.30. The van der Waals surface area contributed by atoms with Crippen LogP contribution in [0.25, 0.3) is 22.3 Å². The number of H-pyrrole nitrogens is 1. The number of halogens is 2. The number of aryl methyl sites for hydroxylation is 1. The van der Waals surface area contributed by atoms with E-state index in [1.807, 2.05) is 25.1 Å². The third kappa shape index (κ3) is 6.87. The minimum Gasteiger partial charge on any atom is -0.454 e. The van der Waals surface area contributed by atoms with Crippen molar-refractivity contribution in [2.75, 3.05) is 0 Å². The van der Waals surface area contributed by atoms with Crippen LogP contribution in [0.15, 0.2) is 72.7 Å². The first-order valence-corrected chi connectivity index (χ1v) is 17.0. The normalized spacial score (nSPS) is 20.1. The Morgan fingerprint density at radius 1 is 1.06 bits per heavy atom. The Morgan fingerprint density at radius 3 is 2.62 bits per heavy atom. The van der Waals surface area contributed by atoms with Gasteiger partial charge in [-0.1, -0.05) is 57.9 Å². The van der Waals surface area contributed by atoms with Crippen molar-refractivity contribution in [2.24, 2.45) is 30.0 Å². The van der Waals surface area contributed by atoms with Crippen molar-refractivity contribution in [1.29, 1.82) is 0 Å². The van der Waals surface area contributed by atoms with Gasteiger partial charge in [0.05, 0.1) is 17.5 Å². The number of ether oxygens (including phenoxy) is 1. The molecule has 3 aromatic carbocycles. The molecule has 4 bridgehead atoms. The van der Waals surface area contributed by atoms with E-state index < -0.39 is 17.0 Å². The zero-order valence-electron chi connectivity index (χ0n) is 29.3. The first kappa shape index (κ1) is 34.8. The lowest BCUT2D eigenvalue weighted by Gasteiger charge is -2.30. The van der Waals surface area contributed by atoms with Crippen LogP contribution in [0.1, 0.15) is 75.9 Å². The summed E-state index contributed by atoms with van der Waals surface area (Å²) in [6.45, 7) is 8.28. The molecule has 0 amide bonds. The highest BCUT2D eigenvalue weighted by atomic mass is 19.1. The molecule has 2 aromatic heterocycles. The van der Waals surface area contributed by atoms with Gasteiger partial charge in [-0.15, -0.1) is 0 Å². The van der Waals surface area contributed by atoms with E-state index in [4.69, 9.17) is 26.4 Å². The van der Waals surface area contributed by atoms with Crippen LogP contribution in [0.4, 0.5) is 8.78 Å². The molecule has 1 aliphatic heterocycles. The number of fused-ring (bicyclic) bond motifs is 8. The third-order valence-corrected chi connectivity index (χ3v) is 10.0. The van der Waals surface area contributed by atoms with Gasteiger partial charge in [0.2, 0.25) is 0 Å². The topological polar surface area (TPSA) is 128 Å². The van der Waals surface area contributed by atoms with Crippen molar-refractivity contribution >= 4 is 17.2 Å². The molecule has 262 valence electrons. The lowest BCUT2D eigenvalue weighted by molar-refractivity contribution is -0.110. The van der Waals surface area contributed by atoms with Gasteiger partial charge in [-0.05, 0) is 61.6 Å². The number of aromatic nitrogens is 4. The van der Waals surface area contributed by atoms with Gasteiger partial charge in [-0.3, -0.25) is 0 Å². The molecule has 2 unspecified atom stereocenters. The standard InChI is InChI=1S/C39H45F2N7O2/c1-24(23-49)17-25-9-8-10-26(18-25)39(4)15-7-6-14-38(2,3)34(42)22-48(43)21-30-28-13-16-44-33(28)20-32(41)35(30)50-27-11-12-31(40)29(19-27)36-45-37(39)46-47(36)5/h8-13,16,18-20,22-24,44H,6-7,14-15,17,21,42-43H2,1-5H3/b34-22-. The van der Waals surface area contributed by atoms with Crippen molar-refractivity contribution in [1.82, 2.24) is 24.8 Å². The van der Waals surface area contributed by atoms with Crippen LogP contribution in [-0.2, 0) is 30.2 Å². The SMILES string of the molecule is CC(C=O)Cc1cccc(C2(C)CCCCC(C)(C)/C(N)=C/N(N)Cc3c(c(F)cc4[nH]ccc34)Oc3ccc(F)c(c3)-c3nc2nn3C)c1. The van der Waals surface area contributed by atoms with E-state index in [9.17, 15) is 4.79 Å². The number of carbonyl (C=O) groups is 1. The maximum absolute atomic E-state index is 15.8. The van der Waals surface area contributed by atoms with E-state index in [2.05, 4.69) is 37.9 Å². The minimum atomic E-state index is -0.645. The molecule has 6 rings (SSSR count). The summed E-state index contributed by atoms with van der Waals surface area (Å²) < 4.78 is 39.2. The molecular weight excluding hydrogens is 636 g/mol. The van der Waals surface area contributed by atoms with Crippen LogP contribution >= 0.6 is 0 Å². The van der Waals surface area contributed by atoms with E-state index in [-0.39, 0.29) is 34.9 Å². The van der Waals surface area contributed by atoms with E-state index in [1.165, 1.54) is 29.3 Å². The van der Waals surface area contributed by atoms with Crippen molar-refractivity contribution in [3.05, 3.63) is 107 Å². The molecule has 11 heteroatoms. The minimum absolute atomic E-state index is 0.0238. The lowest BCUT2D eigenvalue weighted by atomic mass is 9.75. The summed E-state index contributed by atoms with van der Waals surface area (Å²) in [5.41, 5.74) is 9.56. The Hall–Kier alpha value is -5.03. The number of nitrogens with two attached hydrogens (primary N) is 2. The number of aromatic amines is 1. The van der Waals surface area contributed by atoms with Crippen LogP contribution in [-0.4, -0.2) is 31.0 Å². The quantitative estimate of drug-likeness (QED) is 0.131. The van der Waals surface area contributed by atoms with Gasteiger partial charge in [-0.25, -0.2) is 24.3 Å². The summed E-state index contributed by atoms with van der Waals surface area (Å²) in [6.07, 6.45) is 8.18. The molecule has 9 nitrogen and oxygen atoms in total. The van der Waals surface area contributed by atoms with Crippen molar-refractivity contribution in [3.8, 4) is 22.9 Å². The molecule has 3 heterocycles. The maximum atomic E-state index is 15.8. The third-order valence-electron chi connectivity index (χ3n) is 10.0. The van der Waals surface area contributed by atoms with Gasteiger partial charge < -0.3 is 25.3 Å². The number of aldehydes is 1. The number of allylic oxidation sites excluding steroid dienone is 1. The van der Waals surface area contributed by atoms with E-state index in [1.54, 1.807) is 24.1 Å². The second kappa shape index (κ2) is 13.7. The molecule has 0 fully saturated rings. The van der Waals surface area contributed by atoms with Crippen molar-refractivity contribution in [2.45, 2.75) is 71.8 Å². The molecule has 1 aliphatic rings. The number of nitrogens with one attached hydrogen (secondary N) is 1. The van der Waals surface area contributed by atoms with Gasteiger partial charge in [0.1, 0.15) is 17.9 Å². The van der Waals surface area contributed by atoms with Crippen LogP contribution in [0.3, 0.4) is 0 Å². The van der Waals surface area contributed by atoms with Crippen LogP contribution < -0.4 is 16.3 Å². The average molecular weight is 682 g/mol. The molecule has 5 N–H and O–H groups in total. The number of rotatable bonds is 4. The fourth-order valence-corrected chi connectivity index (χ4v) is 6.82. The zero-order chi connectivity index (χ0) is 35.8. The van der Waals surface area contributed by atoms with Crippen LogP contribution in [0.5, 0.6) is 11.5 Å².